The third-order valence-corrected chi connectivity index (χ3v) is 2.41. The quantitative estimate of drug-likeness (QED) is 0.837. The molecule has 0 aromatic carbocycles. The first-order valence-electron chi connectivity index (χ1n) is 5.57. The predicted molar refractivity (Wildman–Crippen MR) is 64.1 cm³/mol. The predicted octanol–water partition coefficient (Wildman–Crippen LogP) is 1.26. The van der Waals surface area contributed by atoms with Crippen LogP contribution in [0.4, 0.5) is 5.69 Å². The maximum atomic E-state index is 12.2. The van der Waals surface area contributed by atoms with E-state index in [9.17, 15) is 4.79 Å². The Hall–Kier alpha value is -1.52. The lowest BCUT2D eigenvalue weighted by molar-refractivity contribution is 0.0700. The maximum absolute atomic E-state index is 12.2. The number of amides is 1. The van der Waals surface area contributed by atoms with Gasteiger partial charge in [0.15, 0.2) is 5.69 Å². The average Bonchev–Trinajstić information content (AvgIpc) is 2.53. The van der Waals surface area contributed by atoms with Crippen molar-refractivity contribution >= 4 is 11.6 Å². The third-order valence-electron chi connectivity index (χ3n) is 2.41. The molecule has 0 bridgehead atoms. The molecule has 1 heterocycles. The molecule has 90 valence electrons. The van der Waals surface area contributed by atoms with Gasteiger partial charge in [-0.1, -0.05) is 6.92 Å². The van der Waals surface area contributed by atoms with Crippen molar-refractivity contribution in [2.75, 3.05) is 12.3 Å². The van der Waals surface area contributed by atoms with Gasteiger partial charge in [0.1, 0.15) is 0 Å². The Bertz CT molecular complexity index is 370. The number of nitrogen functional groups attached to an aromatic ring is 1. The van der Waals surface area contributed by atoms with Gasteiger partial charge in [0.2, 0.25) is 0 Å². The van der Waals surface area contributed by atoms with Crippen LogP contribution in [0, 0.1) is 0 Å². The Morgan fingerprint density at radius 1 is 1.62 bits per heavy atom. The van der Waals surface area contributed by atoms with Gasteiger partial charge >= 0.3 is 0 Å². The molecule has 1 aromatic heterocycles. The van der Waals surface area contributed by atoms with Crippen molar-refractivity contribution in [1.82, 2.24) is 14.7 Å². The molecule has 0 atom stereocenters. The lowest BCUT2D eigenvalue weighted by atomic mass is 10.2. The number of aromatic nitrogens is 2. The van der Waals surface area contributed by atoms with Crippen LogP contribution in [0.3, 0.4) is 0 Å². The average molecular weight is 224 g/mol. The second-order valence-corrected chi connectivity index (χ2v) is 4.20. The summed E-state index contributed by atoms with van der Waals surface area (Å²) in [4.78, 5) is 14.0. The fourth-order valence-corrected chi connectivity index (χ4v) is 1.64. The summed E-state index contributed by atoms with van der Waals surface area (Å²) in [5, 5.41) is 4.10. The number of aryl methyl sites for hydroxylation is 1. The number of nitrogens with zero attached hydrogens (tertiary/aromatic N) is 3. The van der Waals surface area contributed by atoms with E-state index in [0.29, 0.717) is 11.4 Å². The van der Waals surface area contributed by atoms with E-state index >= 15 is 0 Å². The molecule has 2 N–H and O–H groups in total. The molecule has 5 heteroatoms. The van der Waals surface area contributed by atoms with E-state index in [1.807, 2.05) is 20.8 Å². The number of nitrogens with two attached hydrogens (primary N) is 1. The van der Waals surface area contributed by atoms with Crippen molar-refractivity contribution in [3.63, 3.8) is 0 Å². The van der Waals surface area contributed by atoms with Crippen LogP contribution in [0.2, 0.25) is 0 Å². The summed E-state index contributed by atoms with van der Waals surface area (Å²) < 4.78 is 1.56. The molecule has 0 radical (unpaired) electrons. The second-order valence-electron chi connectivity index (χ2n) is 4.20. The van der Waals surface area contributed by atoms with Crippen LogP contribution >= 0.6 is 0 Å². The van der Waals surface area contributed by atoms with Gasteiger partial charge in [-0.3, -0.25) is 9.48 Å². The highest BCUT2D eigenvalue weighted by molar-refractivity contribution is 5.97. The Balaban J connectivity index is 2.94. The van der Waals surface area contributed by atoms with Crippen molar-refractivity contribution in [1.29, 1.82) is 0 Å². The van der Waals surface area contributed by atoms with Crippen LogP contribution in [0.5, 0.6) is 0 Å². The normalized spacial score (nSPS) is 10.8. The minimum atomic E-state index is -0.0880. The Labute approximate surface area is 96.2 Å². The molecule has 1 aromatic rings. The summed E-state index contributed by atoms with van der Waals surface area (Å²) in [5.74, 6) is -0.0880. The number of rotatable bonds is 4. The van der Waals surface area contributed by atoms with Crippen molar-refractivity contribution in [2.45, 2.75) is 33.2 Å². The van der Waals surface area contributed by atoms with E-state index in [0.717, 1.165) is 13.0 Å². The van der Waals surface area contributed by atoms with Gasteiger partial charge in [0.25, 0.3) is 5.91 Å². The zero-order valence-corrected chi connectivity index (χ0v) is 10.4. The zero-order valence-electron chi connectivity index (χ0n) is 10.4. The van der Waals surface area contributed by atoms with Gasteiger partial charge in [-0.25, -0.2) is 0 Å². The van der Waals surface area contributed by atoms with Gasteiger partial charge in [0, 0.05) is 25.8 Å². The Morgan fingerprint density at radius 3 is 2.62 bits per heavy atom. The summed E-state index contributed by atoms with van der Waals surface area (Å²) in [6.07, 6.45) is 2.58. The maximum Gasteiger partial charge on any atom is 0.276 e. The lowest BCUT2D eigenvalue weighted by Gasteiger charge is -2.25. The summed E-state index contributed by atoms with van der Waals surface area (Å²) in [6.45, 7) is 6.76. The smallest absolute Gasteiger partial charge is 0.276 e. The highest BCUT2D eigenvalue weighted by Crippen LogP contribution is 2.13. The first-order valence-corrected chi connectivity index (χ1v) is 5.57. The molecule has 0 saturated heterocycles. The number of hydrogen-bond acceptors (Lipinski definition) is 3. The Kier molecular flexibility index (Phi) is 3.93. The van der Waals surface area contributed by atoms with Crippen LogP contribution < -0.4 is 5.73 Å². The van der Waals surface area contributed by atoms with Gasteiger partial charge in [-0.15, -0.1) is 0 Å². The molecular formula is C11H20N4O. The number of carbonyl (C=O) groups is 1. The fourth-order valence-electron chi connectivity index (χ4n) is 1.64. The largest absolute Gasteiger partial charge is 0.396 e. The zero-order chi connectivity index (χ0) is 12.3. The van der Waals surface area contributed by atoms with Gasteiger partial charge in [-0.2, -0.15) is 5.10 Å². The van der Waals surface area contributed by atoms with Gasteiger partial charge < -0.3 is 10.6 Å². The monoisotopic (exact) mass is 224 g/mol. The fraction of sp³-hybridized carbons (Fsp3) is 0.636. The SMILES string of the molecule is CCCN(C(=O)c1nn(C)cc1N)C(C)C. The van der Waals surface area contributed by atoms with Crippen LogP contribution in [-0.4, -0.2) is 33.2 Å². The van der Waals surface area contributed by atoms with Crippen LogP contribution in [0.25, 0.3) is 0 Å². The molecule has 1 rings (SSSR count). The van der Waals surface area contributed by atoms with E-state index in [1.165, 1.54) is 0 Å². The number of carbonyl (C=O) groups excluding carboxylic acids is 1. The van der Waals surface area contributed by atoms with Crippen molar-refractivity contribution in [3.8, 4) is 0 Å². The van der Waals surface area contributed by atoms with E-state index in [-0.39, 0.29) is 11.9 Å². The molecule has 0 unspecified atom stereocenters. The topological polar surface area (TPSA) is 64.2 Å². The highest BCUT2D eigenvalue weighted by atomic mass is 16.2. The minimum Gasteiger partial charge on any atom is -0.396 e. The molecule has 5 nitrogen and oxygen atoms in total. The third kappa shape index (κ3) is 2.53. The molecule has 16 heavy (non-hydrogen) atoms. The standard InChI is InChI=1S/C11H20N4O/c1-5-6-15(8(2)3)11(16)10-9(12)7-14(4)13-10/h7-8H,5-6,12H2,1-4H3. The van der Waals surface area contributed by atoms with Gasteiger partial charge in [-0.05, 0) is 20.3 Å². The first-order chi connectivity index (χ1) is 7.47. The van der Waals surface area contributed by atoms with Gasteiger partial charge in [0.05, 0.1) is 5.69 Å². The van der Waals surface area contributed by atoms with E-state index in [1.54, 1.807) is 22.8 Å². The van der Waals surface area contributed by atoms with Crippen LogP contribution in [0.15, 0.2) is 6.20 Å². The Morgan fingerprint density at radius 2 is 2.25 bits per heavy atom. The summed E-state index contributed by atoms with van der Waals surface area (Å²) in [7, 11) is 1.76. The van der Waals surface area contributed by atoms with E-state index < -0.39 is 0 Å². The van der Waals surface area contributed by atoms with Crippen molar-refractivity contribution in [3.05, 3.63) is 11.9 Å². The summed E-state index contributed by atoms with van der Waals surface area (Å²) in [6, 6.07) is 0.161. The highest BCUT2D eigenvalue weighted by Gasteiger charge is 2.22. The summed E-state index contributed by atoms with van der Waals surface area (Å²) in [5.41, 5.74) is 6.54. The summed E-state index contributed by atoms with van der Waals surface area (Å²) >= 11 is 0. The van der Waals surface area contributed by atoms with E-state index in [4.69, 9.17) is 5.73 Å². The molecule has 0 saturated carbocycles. The van der Waals surface area contributed by atoms with Crippen molar-refractivity contribution in [2.24, 2.45) is 7.05 Å². The molecule has 0 fully saturated rings. The molecular weight excluding hydrogens is 204 g/mol. The molecule has 1 amide bonds. The number of anilines is 1. The van der Waals surface area contributed by atoms with Crippen molar-refractivity contribution < 1.29 is 4.79 Å². The molecule has 0 aliphatic rings. The van der Waals surface area contributed by atoms with Crippen LogP contribution in [0.1, 0.15) is 37.7 Å². The lowest BCUT2D eigenvalue weighted by Crippen LogP contribution is -2.38. The molecule has 0 aliphatic carbocycles. The number of hydrogen-bond donors (Lipinski definition) is 1. The molecule has 0 spiro atoms. The molecule has 0 aliphatic heterocycles. The van der Waals surface area contributed by atoms with Crippen LogP contribution in [-0.2, 0) is 7.05 Å². The van der Waals surface area contributed by atoms with E-state index in [2.05, 4.69) is 5.10 Å². The second kappa shape index (κ2) is 5.01. The minimum absolute atomic E-state index is 0.0880. The first kappa shape index (κ1) is 12.5.